The molecular formula is C6H4Br2N4O2. The Morgan fingerprint density at radius 1 is 1.36 bits per heavy atom. The molecule has 0 aromatic carbocycles. The second-order valence-corrected chi connectivity index (χ2v) is 3.37. The van der Waals surface area contributed by atoms with Crippen LogP contribution in [0.2, 0.25) is 0 Å². The van der Waals surface area contributed by atoms with Crippen molar-refractivity contribution in [1.29, 1.82) is 0 Å². The number of hydrogen-bond donors (Lipinski definition) is 0. The first kappa shape index (κ1) is 11.2. The van der Waals surface area contributed by atoms with Crippen LogP contribution in [0.15, 0.2) is 14.5 Å². The number of ether oxygens (including phenoxy) is 1. The minimum absolute atomic E-state index is 0.115. The summed E-state index contributed by atoms with van der Waals surface area (Å²) in [4.78, 5) is 25.8. The number of aliphatic imine (C=N–C) groups is 1. The molecule has 0 N–H and O–H groups in total. The van der Waals surface area contributed by atoms with E-state index in [1.165, 1.54) is 7.11 Å². The van der Waals surface area contributed by atoms with Crippen LogP contribution in [0.1, 0.15) is 0 Å². The maximum absolute atomic E-state index is 10.7. The van der Waals surface area contributed by atoms with Crippen molar-refractivity contribution < 1.29 is 9.53 Å². The summed E-state index contributed by atoms with van der Waals surface area (Å²) in [6.45, 7) is 0. The fraction of sp³-hybridized carbons (Fsp3) is 0.167. The Morgan fingerprint density at radius 2 is 1.93 bits per heavy atom. The third-order valence-electron chi connectivity index (χ3n) is 1.06. The molecule has 1 heterocycles. The average molecular weight is 324 g/mol. The zero-order valence-electron chi connectivity index (χ0n) is 6.94. The van der Waals surface area contributed by atoms with Gasteiger partial charge in [0.05, 0.1) is 7.11 Å². The van der Waals surface area contributed by atoms with Gasteiger partial charge in [0, 0.05) is 0 Å². The summed E-state index contributed by atoms with van der Waals surface area (Å²) in [7, 11) is 1.26. The van der Waals surface area contributed by atoms with Crippen molar-refractivity contribution in [3.8, 4) is 0 Å². The number of halogens is 2. The van der Waals surface area contributed by atoms with Crippen LogP contribution in [0, 0.1) is 0 Å². The molecule has 0 saturated carbocycles. The van der Waals surface area contributed by atoms with Crippen molar-refractivity contribution >= 4 is 50.0 Å². The molecular weight excluding hydrogens is 320 g/mol. The van der Waals surface area contributed by atoms with Crippen LogP contribution in [0.5, 0.6) is 0 Å². The lowest BCUT2D eigenvalue weighted by Gasteiger charge is -1.93. The van der Waals surface area contributed by atoms with Gasteiger partial charge in [0.15, 0.2) is 0 Å². The molecule has 0 amide bonds. The molecule has 0 aliphatic rings. The Balaban J connectivity index is 2.86. The van der Waals surface area contributed by atoms with E-state index in [4.69, 9.17) is 0 Å². The Hall–Kier alpha value is -0.890. The maximum Gasteiger partial charge on any atom is 0.349 e. The standard InChI is InChI=1S/C6H4Br2N4O2/c1-14-3(13)2-9-6-11-4(7)10-5(8)12-6/h2H,1H3/b9-2+. The molecule has 0 radical (unpaired) electrons. The normalized spacial score (nSPS) is 10.5. The van der Waals surface area contributed by atoms with Crippen LogP contribution in [0.3, 0.4) is 0 Å². The molecule has 0 aliphatic heterocycles. The van der Waals surface area contributed by atoms with Crippen molar-refractivity contribution in [3.63, 3.8) is 0 Å². The molecule has 1 aromatic heterocycles. The monoisotopic (exact) mass is 322 g/mol. The lowest BCUT2D eigenvalue weighted by Crippen LogP contribution is -2.01. The van der Waals surface area contributed by atoms with Crippen molar-refractivity contribution in [1.82, 2.24) is 15.0 Å². The molecule has 0 fully saturated rings. The summed E-state index contributed by atoms with van der Waals surface area (Å²) >= 11 is 6.11. The van der Waals surface area contributed by atoms with Crippen molar-refractivity contribution in [2.75, 3.05) is 7.11 Å². The zero-order valence-corrected chi connectivity index (χ0v) is 10.1. The van der Waals surface area contributed by atoms with E-state index >= 15 is 0 Å². The minimum Gasteiger partial charge on any atom is -0.465 e. The van der Waals surface area contributed by atoms with E-state index in [1.807, 2.05) is 0 Å². The van der Waals surface area contributed by atoms with E-state index < -0.39 is 5.97 Å². The number of hydrogen-bond acceptors (Lipinski definition) is 6. The van der Waals surface area contributed by atoms with Crippen molar-refractivity contribution in [2.24, 2.45) is 4.99 Å². The fourth-order valence-electron chi connectivity index (χ4n) is 0.537. The lowest BCUT2D eigenvalue weighted by molar-refractivity contribution is -0.132. The number of rotatable bonds is 2. The van der Waals surface area contributed by atoms with E-state index in [0.717, 1.165) is 6.21 Å². The van der Waals surface area contributed by atoms with Crippen LogP contribution >= 0.6 is 31.9 Å². The predicted octanol–water partition coefficient (Wildman–Crippen LogP) is 1.27. The van der Waals surface area contributed by atoms with E-state index in [-0.39, 0.29) is 5.95 Å². The summed E-state index contributed by atoms with van der Waals surface area (Å²) in [6, 6.07) is 0. The Kier molecular flexibility index (Phi) is 4.08. The molecule has 1 aromatic rings. The SMILES string of the molecule is COC(=O)/C=N/c1nc(Br)nc(Br)n1. The summed E-state index contributed by atoms with van der Waals surface area (Å²) in [5, 5.41) is 0. The van der Waals surface area contributed by atoms with Gasteiger partial charge in [0.25, 0.3) is 5.95 Å². The Morgan fingerprint density at radius 3 is 2.43 bits per heavy atom. The summed E-state index contributed by atoms with van der Waals surface area (Å²) < 4.78 is 5.01. The number of methoxy groups -OCH3 is 1. The first-order valence-corrected chi connectivity index (χ1v) is 4.89. The molecule has 0 spiro atoms. The Labute approximate surface area is 96.1 Å². The highest BCUT2D eigenvalue weighted by Crippen LogP contribution is 2.12. The molecule has 0 unspecified atom stereocenters. The largest absolute Gasteiger partial charge is 0.465 e. The van der Waals surface area contributed by atoms with Crippen LogP contribution in [-0.4, -0.2) is 34.2 Å². The summed E-state index contributed by atoms with van der Waals surface area (Å²) in [5.74, 6) is -0.457. The van der Waals surface area contributed by atoms with Gasteiger partial charge in [-0.3, -0.25) is 0 Å². The van der Waals surface area contributed by atoms with Gasteiger partial charge in [-0.2, -0.15) is 15.0 Å². The molecule has 0 saturated heterocycles. The van der Waals surface area contributed by atoms with Gasteiger partial charge in [-0.25, -0.2) is 9.79 Å². The quantitative estimate of drug-likeness (QED) is 0.605. The minimum atomic E-state index is -0.572. The van der Waals surface area contributed by atoms with Crippen molar-refractivity contribution in [2.45, 2.75) is 0 Å². The first-order valence-electron chi connectivity index (χ1n) is 3.31. The Bertz CT molecular complexity index is 362. The number of esters is 1. The smallest absolute Gasteiger partial charge is 0.349 e. The molecule has 14 heavy (non-hydrogen) atoms. The van der Waals surface area contributed by atoms with Gasteiger partial charge in [0.1, 0.15) is 6.21 Å². The van der Waals surface area contributed by atoms with Crippen molar-refractivity contribution in [3.05, 3.63) is 9.47 Å². The molecule has 8 heteroatoms. The van der Waals surface area contributed by atoms with Gasteiger partial charge in [0.2, 0.25) is 9.47 Å². The molecule has 0 bridgehead atoms. The van der Waals surface area contributed by atoms with Gasteiger partial charge >= 0.3 is 5.97 Å². The zero-order chi connectivity index (χ0) is 10.6. The molecule has 6 nitrogen and oxygen atoms in total. The van der Waals surface area contributed by atoms with Crippen LogP contribution in [0.25, 0.3) is 0 Å². The van der Waals surface area contributed by atoms with Crippen LogP contribution in [0.4, 0.5) is 5.95 Å². The topological polar surface area (TPSA) is 77.3 Å². The van der Waals surface area contributed by atoms with Gasteiger partial charge in [-0.05, 0) is 31.9 Å². The van der Waals surface area contributed by atoms with Crippen LogP contribution < -0.4 is 0 Å². The summed E-state index contributed by atoms with van der Waals surface area (Å²) in [6.07, 6.45) is 0.980. The predicted molar refractivity (Wildman–Crippen MR) is 55.4 cm³/mol. The van der Waals surface area contributed by atoms with E-state index in [1.54, 1.807) is 0 Å². The van der Waals surface area contributed by atoms with Gasteiger partial charge < -0.3 is 4.74 Å². The third-order valence-corrected chi connectivity index (χ3v) is 1.76. The van der Waals surface area contributed by atoms with E-state index in [2.05, 4.69) is 56.5 Å². The second kappa shape index (κ2) is 5.11. The molecule has 0 atom stereocenters. The molecule has 74 valence electrons. The van der Waals surface area contributed by atoms with Gasteiger partial charge in [-0.1, -0.05) is 0 Å². The van der Waals surface area contributed by atoms with Gasteiger partial charge in [-0.15, -0.1) is 0 Å². The first-order chi connectivity index (χ1) is 6.61. The molecule has 0 aliphatic carbocycles. The number of aromatic nitrogens is 3. The second-order valence-electron chi connectivity index (χ2n) is 1.95. The number of carbonyl (C=O) groups excluding carboxylic acids is 1. The highest BCUT2D eigenvalue weighted by molar-refractivity contribution is 9.11. The third kappa shape index (κ3) is 3.46. The number of carbonyl (C=O) groups is 1. The fourth-order valence-corrected chi connectivity index (χ4v) is 1.43. The molecule has 1 rings (SSSR count). The van der Waals surface area contributed by atoms with Crippen LogP contribution in [-0.2, 0) is 9.53 Å². The maximum atomic E-state index is 10.7. The number of nitrogens with zero attached hydrogens (tertiary/aromatic N) is 4. The van der Waals surface area contributed by atoms with E-state index in [9.17, 15) is 4.79 Å². The average Bonchev–Trinajstić information content (AvgIpc) is 2.12. The lowest BCUT2D eigenvalue weighted by atomic mass is 10.7. The highest BCUT2D eigenvalue weighted by Gasteiger charge is 2.00. The summed E-state index contributed by atoms with van der Waals surface area (Å²) in [5.41, 5.74) is 0. The highest BCUT2D eigenvalue weighted by atomic mass is 79.9. The van der Waals surface area contributed by atoms with E-state index in [0.29, 0.717) is 9.47 Å².